The monoisotopic (exact) mass is 1040 g/mol. The number of benzene rings is 2. The van der Waals surface area contributed by atoms with Crippen LogP contribution >= 0.6 is 0 Å². The molecule has 68 heavy (non-hydrogen) atoms. The average molecular weight is 1040 g/mol. The summed E-state index contributed by atoms with van der Waals surface area (Å²) in [6.07, 6.45) is -8.94. The molecule has 8 nitrogen and oxygen atoms in total. The predicted molar refractivity (Wildman–Crippen MR) is 205 cm³/mol. The quantitative estimate of drug-likeness (QED) is 0.0195. The molecule has 2 rings (SSSR count). The van der Waals surface area contributed by atoms with Crippen LogP contribution < -0.4 is 15.5 Å². The number of allylic oxidation sites excluding steroid dienone is 2. The Kier molecular flexibility index (Phi) is 18.8. The second-order valence-electron chi connectivity index (χ2n) is 15.8. The first-order chi connectivity index (χ1) is 30.7. The number of nitrogens with one attached hydrogen (secondary N) is 2. The van der Waals surface area contributed by atoms with E-state index in [4.69, 9.17) is 19.1 Å². The summed E-state index contributed by atoms with van der Waals surface area (Å²) >= 11 is 0. The second kappa shape index (κ2) is 21.5. The number of carbonyl (C=O) groups is 2. The summed E-state index contributed by atoms with van der Waals surface area (Å²) in [5.74, 6) is -60.7. The third-order valence-electron chi connectivity index (χ3n) is 10.5. The maximum absolute atomic E-state index is 15.0. The molecule has 0 spiro atoms. The van der Waals surface area contributed by atoms with Gasteiger partial charge >= 0.3 is 53.7 Å². The fourth-order valence-electron chi connectivity index (χ4n) is 6.52. The standard InChI is InChI=1S/C40H43F19N2O6Si/c1-21(2)68(22(3)4,18-15-33(43,44)34(45,46)35(47,48)36(49,50)37(51,52)38(53,54)39(55,56)40(57,58)59)66-17-16-65-27-12-9-25(10-13-27)31(24(6)8-7-23(5)19-30(62)61-64)67-32(63)60-29-14-11-26(41)20-28(29)42/h7-14,19-22,24,31,64H,15-18H2,1-6H3,(H,60,63)(H,61,62)/b8-7+,23-19+/t24-,31-/m1/s1. The molecule has 0 aromatic heterocycles. The van der Waals surface area contributed by atoms with Gasteiger partial charge in [0.15, 0.2) is 8.32 Å². The van der Waals surface area contributed by atoms with E-state index in [1.807, 2.05) is 0 Å². The number of hydroxylamine groups is 1. The first kappa shape index (κ1) is 59.4. The number of rotatable bonds is 23. The van der Waals surface area contributed by atoms with Crippen molar-refractivity contribution in [1.29, 1.82) is 0 Å². The van der Waals surface area contributed by atoms with Gasteiger partial charge in [-0.2, -0.15) is 74.6 Å². The Morgan fingerprint density at radius 2 is 1.21 bits per heavy atom. The van der Waals surface area contributed by atoms with Crippen LogP contribution in [0, 0.1) is 17.6 Å². The summed E-state index contributed by atoms with van der Waals surface area (Å²) in [7, 11) is -4.07. The molecule has 0 saturated carbocycles. The van der Waals surface area contributed by atoms with E-state index in [-0.39, 0.29) is 11.3 Å². The van der Waals surface area contributed by atoms with Crippen molar-refractivity contribution < 1.29 is 112 Å². The lowest BCUT2D eigenvalue weighted by atomic mass is 9.88. The number of ether oxygens (including phenoxy) is 2. The van der Waals surface area contributed by atoms with Gasteiger partial charge in [0.05, 0.1) is 12.3 Å². The Bertz CT molecular complexity index is 2090. The molecule has 3 N–H and O–H groups in total. The molecule has 0 aliphatic carbocycles. The van der Waals surface area contributed by atoms with Crippen LogP contribution in [0.25, 0.3) is 0 Å². The summed E-state index contributed by atoms with van der Waals surface area (Å²) in [5.41, 5.74) is -0.352. The summed E-state index contributed by atoms with van der Waals surface area (Å²) in [6.45, 7) is 7.07. The van der Waals surface area contributed by atoms with Crippen molar-refractivity contribution in [3.8, 4) is 5.75 Å². The van der Waals surface area contributed by atoms with E-state index in [0.29, 0.717) is 11.6 Å². The maximum atomic E-state index is 15.0. The molecule has 28 heteroatoms. The number of amides is 2. The third kappa shape index (κ3) is 12.2. The zero-order valence-corrected chi connectivity index (χ0v) is 37.1. The fraction of sp³-hybridized carbons (Fsp3) is 0.550. The number of alkyl halides is 17. The van der Waals surface area contributed by atoms with Crippen LogP contribution in [0.2, 0.25) is 17.1 Å². The highest BCUT2D eigenvalue weighted by Gasteiger charge is 2.95. The molecule has 2 amide bonds. The van der Waals surface area contributed by atoms with Crippen molar-refractivity contribution in [2.75, 3.05) is 18.5 Å². The number of anilines is 1. The molecule has 0 fully saturated rings. The molecule has 0 aliphatic heterocycles. The van der Waals surface area contributed by atoms with Gasteiger partial charge in [0.1, 0.15) is 30.1 Å². The van der Waals surface area contributed by atoms with Crippen LogP contribution in [-0.4, -0.2) is 86.4 Å². The highest BCUT2D eigenvalue weighted by Crippen LogP contribution is 2.64. The molecule has 0 heterocycles. The number of hydrogen-bond acceptors (Lipinski definition) is 6. The number of halogens is 19. The minimum absolute atomic E-state index is 0.0250. The van der Waals surface area contributed by atoms with Crippen molar-refractivity contribution in [2.24, 2.45) is 5.92 Å². The lowest BCUT2D eigenvalue weighted by Gasteiger charge is -2.44. The van der Waals surface area contributed by atoms with Crippen molar-refractivity contribution >= 4 is 26.0 Å². The maximum Gasteiger partial charge on any atom is 0.460 e. The van der Waals surface area contributed by atoms with Gasteiger partial charge in [-0.3, -0.25) is 15.3 Å². The van der Waals surface area contributed by atoms with Gasteiger partial charge in [-0.15, -0.1) is 0 Å². The second-order valence-corrected chi connectivity index (χ2v) is 20.8. The van der Waals surface area contributed by atoms with E-state index in [0.717, 1.165) is 18.2 Å². The number of carbonyl (C=O) groups excluding carboxylic acids is 2. The topological polar surface area (TPSA) is 106 Å². The molecular weight excluding hydrogens is 993 g/mol. The SMILES string of the molecule is CC(/C=C/[C@@H](C)[C@@H](OC(=O)Nc1ccc(F)cc1F)c1ccc(OCCO[Si](CCC(F)(F)C(F)(F)C(F)(F)C(F)(F)C(F)(F)C(F)(F)C(F)(F)C(F)(F)F)(C(C)C)C(C)C)cc1)=C\C(=O)NO. The lowest BCUT2D eigenvalue weighted by molar-refractivity contribution is -0.461. The van der Waals surface area contributed by atoms with E-state index in [1.165, 1.54) is 76.5 Å². The lowest BCUT2D eigenvalue weighted by Crippen LogP contribution is -2.74. The van der Waals surface area contributed by atoms with Crippen molar-refractivity contribution in [3.63, 3.8) is 0 Å². The molecular formula is C40H43F19N2O6Si. The molecule has 0 unspecified atom stereocenters. The van der Waals surface area contributed by atoms with Crippen molar-refractivity contribution in [2.45, 2.75) is 119 Å². The first-order valence-corrected chi connectivity index (χ1v) is 21.8. The average Bonchev–Trinajstić information content (AvgIpc) is 3.21. The van der Waals surface area contributed by atoms with E-state index >= 15 is 8.78 Å². The van der Waals surface area contributed by atoms with E-state index in [9.17, 15) is 84.2 Å². The molecule has 2 aromatic carbocycles. The Morgan fingerprint density at radius 1 is 0.706 bits per heavy atom. The molecule has 0 saturated heterocycles. The van der Waals surface area contributed by atoms with E-state index in [2.05, 4.69) is 5.32 Å². The third-order valence-corrected chi connectivity index (χ3v) is 16.2. The smallest absolute Gasteiger partial charge is 0.460 e. The highest BCUT2D eigenvalue weighted by atomic mass is 28.4. The zero-order valence-electron chi connectivity index (χ0n) is 36.1. The Labute approximate surface area is 375 Å². The molecule has 2 atom stereocenters. The van der Waals surface area contributed by atoms with Crippen LogP contribution in [0.3, 0.4) is 0 Å². The zero-order chi connectivity index (χ0) is 52.9. The summed E-state index contributed by atoms with van der Waals surface area (Å²) in [4.78, 5) is 24.3. The van der Waals surface area contributed by atoms with Crippen LogP contribution in [0.4, 0.5) is 93.9 Å². The molecule has 386 valence electrons. The van der Waals surface area contributed by atoms with Gasteiger partial charge in [-0.1, -0.05) is 58.9 Å². The van der Waals surface area contributed by atoms with Gasteiger partial charge in [0.2, 0.25) is 0 Å². The van der Waals surface area contributed by atoms with E-state index < -0.39 is 134 Å². The van der Waals surface area contributed by atoms with Gasteiger partial charge < -0.3 is 13.9 Å². The van der Waals surface area contributed by atoms with Gasteiger partial charge in [0, 0.05) is 24.5 Å². The number of hydrogen-bond donors (Lipinski definition) is 3. The normalized spacial score (nSPS) is 15.2. The molecule has 0 radical (unpaired) electrons. The largest absolute Gasteiger partial charge is 0.491 e. The van der Waals surface area contributed by atoms with Crippen LogP contribution in [0.1, 0.15) is 59.6 Å². The van der Waals surface area contributed by atoms with Gasteiger partial charge in [-0.05, 0) is 59.5 Å². The van der Waals surface area contributed by atoms with Gasteiger partial charge in [-0.25, -0.2) is 19.1 Å². The Balaban J connectivity index is 2.34. The van der Waals surface area contributed by atoms with E-state index in [1.54, 1.807) is 6.92 Å². The van der Waals surface area contributed by atoms with Crippen LogP contribution in [0.5, 0.6) is 5.75 Å². The summed E-state index contributed by atoms with van der Waals surface area (Å²) in [6, 6.07) is 6.21. The Morgan fingerprint density at radius 3 is 1.68 bits per heavy atom. The van der Waals surface area contributed by atoms with Crippen LogP contribution in [-0.2, 0) is 14.0 Å². The summed E-state index contributed by atoms with van der Waals surface area (Å²) < 4.78 is 280. The minimum atomic E-state index is -8.73. The van der Waals surface area contributed by atoms with Crippen molar-refractivity contribution in [1.82, 2.24) is 5.48 Å². The van der Waals surface area contributed by atoms with Crippen LogP contribution in [0.15, 0.2) is 66.3 Å². The minimum Gasteiger partial charge on any atom is -0.491 e. The summed E-state index contributed by atoms with van der Waals surface area (Å²) in [5, 5.41) is 10.9. The highest BCUT2D eigenvalue weighted by molar-refractivity contribution is 6.76. The van der Waals surface area contributed by atoms with Gasteiger partial charge in [0.25, 0.3) is 5.91 Å². The molecule has 2 aromatic rings. The molecule has 0 aliphatic rings. The fourth-order valence-corrected chi connectivity index (χ4v) is 11.0. The molecule has 0 bridgehead atoms. The predicted octanol–water partition coefficient (Wildman–Crippen LogP) is 13.5. The Hall–Kier alpha value is -4.73. The van der Waals surface area contributed by atoms with Crippen molar-refractivity contribution in [3.05, 3.63) is 83.5 Å². The first-order valence-electron chi connectivity index (χ1n) is 19.5.